The number of hydrogen-bond acceptors (Lipinski definition) is 3. The average molecular weight is 346 g/mol. The molecule has 2 amide bonds. The van der Waals surface area contributed by atoms with Crippen molar-refractivity contribution < 1.29 is 14.0 Å². The first kappa shape index (κ1) is 18.0. The van der Waals surface area contributed by atoms with Crippen molar-refractivity contribution in [3.05, 3.63) is 65.5 Å². The molecule has 0 saturated heterocycles. The Hall–Kier alpha value is -2.34. The van der Waals surface area contributed by atoms with Crippen molar-refractivity contribution >= 4 is 23.6 Å². The van der Waals surface area contributed by atoms with Gasteiger partial charge in [-0.3, -0.25) is 20.4 Å². The Balaban J connectivity index is 1.66. The van der Waals surface area contributed by atoms with E-state index in [0.717, 1.165) is 10.5 Å². The number of hydrogen-bond donors (Lipinski definition) is 2. The molecule has 0 aromatic heterocycles. The second-order valence-electron chi connectivity index (χ2n) is 5.29. The molecule has 2 aromatic rings. The van der Waals surface area contributed by atoms with E-state index in [2.05, 4.69) is 10.9 Å². The van der Waals surface area contributed by atoms with Crippen molar-refractivity contribution in [3.8, 4) is 0 Å². The van der Waals surface area contributed by atoms with Crippen LogP contribution in [0.1, 0.15) is 17.5 Å². The molecule has 2 aromatic carbocycles. The summed E-state index contributed by atoms with van der Waals surface area (Å²) < 4.78 is 13.4. The Kier molecular flexibility index (Phi) is 6.81. The zero-order chi connectivity index (χ0) is 17.4. The molecule has 0 heterocycles. The van der Waals surface area contributed by atoms with Crippen LogP contribution in [0.25, 0.3) is 0 Å². The smallest absolute Gasteiger partial charge is 0.248 e. The third-order valence-corrected chi connectivity index (χ3v) is 4.32. The number of rotatable bonds is 6. The van der Waals surface area contributed by atoms with Gasteiger partial charge in [-0.15, -0.1) is 11.8 Å². The number of nitrogens with one attached hydrogen (secondary N) is 2. The number of aryl methyl sites for hydroxylation is 2. The molecule has 0 spiro atoms. The first-order valence-corrected chi connectivity index (χ1v) is 8.54. The summed E-state index contributed by atoms with van der Waals surface area (Å²) >= 11 is 1.39. The summed E-state index contributed by atoms with van der Waals surface area (Å²) in [4.78, 5) is 24.4. The molecule has 2 N–H and O–H groups in total. The molecule has 0 aliphatic heterocycles. The minimum Gasteiger partial charge on any atom is -0.273 e. The summed E-state index contributed by atoms with van der Waals surface area (Å²) in [6, 6.07) is 14.2. The lowest BCUT2D eigenvalue weighted by molar-refractivity contribution is -0.127. The number of hydrazine groups is 1. The highest BCUT2D eigenvalue weighted by molar-refractivity contribution is 8.00. The highest BCUT2D eigenvalue weighted by Crippen LogP contribution is 2.17. The Morgan fingerprint density at radius 2 is 1.67 bits per heavy atom. The molecule has 2 rings (SSSR count). The van der Waals surface area contributed by atoms with Gasteiger partial charge in [0.05, 0.1) is 5.75 Å². The molecule has 24 heavy (non-hydrogen) atoms. The molecule has 0 bridgehead atoms. The minimum atomic E-state index is -0.355. The SMILES string of the molecule is Cc1ccc(SCC(=O)NNC(=O)CCc2ccccc2F)cc1. The van der Waals surface area contributed by atoms with E-state index >= 15 is 0 Å². The Bertz CT molecular complexity index is 704. The van der Waals surface area contributed by atoms with Gasteiger partial charge in [0.2, 0.25) is 11.8 Å². The van der Waals surface area contributed by atoms with Crippen molar-refractivity contribution in [1.29, 1.82) is 0 Å². The van der Waals surface area contributed by atoms with Gasteiger partial charge in [-0.1, -0.05) is 35.9 Å². The highest BCUT2D eigenvalue weighted by atomic mass is 32.2. The Morgan fingerprint density at radius 1 is 1.00 bits per heavy atom. The molecule has 0 unspecified atom stereocenters. The van der Waals surface area contributed by atoms with Gasteiger partial charge in [0.15, 0.2) is 0 Å². The maximum Gasteiger partial charge on any atom is 0.248 e. The van der Waals surface area contributed by atoms with Crippen LogP contribution in [0.2, 0.25) is 0 Å². The molecule has 126 valence electrons. The molecule has 0 fully saturated rings. The maximum absolute atomic E-state index is 13.4. The number of halogens is 1. The Labute approximate surface area is 144 Å². The van der Waals surface area contributed by atoms with Crippen LogP contribution in [0.5, 0.6) is 0 Å². The van der Waals surface area contributed by atoms with Crippen LogP contribution < -0.4 is 10.9 Å². The van der Waals surface area contributed by atoms with E-state index in [4.69, 9.17) is 0 Å². The van der Waals surface area contributed by atoms with E-state index in [9.17, 15) is 14.0 Å². The van der Waals surface area contributed by atoms with Gasteiger partial charge in [0, 0.05) is 11.3 Å². The van der Waals surface area contributed by atoms with Crippen LogP contribution in [0.4, 0.5) is 4.39 Å². The van der Waals surface area contributed by atoms with Gasteiger partial charge in [-0.05, 0) is 37.1 Å². The van der Waals surface area contributed by atoms with Crippen molar-refractivity contribution in [2.24, 2.45) is 0 Å². The van der Waals surface area contributed by atoms with Crippen molar-refractivity contribution in [1.82, 2.24) is 10.9 Å². The quantitative estimate of drug-likeness (QED) is 0.624. The summed E-state index contributed by atoms with van der Waals surface area (Å²) in [7, 11) is 0. The number of thioether (sulfide) groups is 1. The van der Waals surface area contributed by atoms with Gasteiger partial charge in [0.25, 0.3) is 0 Å². The zero-order valence-corrected chi connectivity index (χ0v) is 14.2. The third kappa shape index (κ3) is 6.04. The van der Waals surface area contributed by atoms with E-state index < -0.39 is 0 Å². The normalized spacial score (nSPS) is 10.2. The molecule has 0 saturated carbocycles. The predicted octanol–water partition coefficient (Wildman–Crippen LogP) is 3.01. The number of carbonyl (C=O) groups is 2. The second-order valence-corrected chi connectivity index (χ2v) is 6.34. The molecule has 4 nitrogen and oxygen atoms in total. The molecule has 0 atom stereocenters. The van der Waals surface area contributed by atoms with Crippen LogP contribution in [0.3, 0.4) is 0 Å². The molecular formula is C18H19FN2O2S. The van der Waals surface area contributed by atoms with Crippen LogP contribution in [-0.4, -0.2) is 17.6 Å². The van der Waals surface area contributed by atoms with Crippen molar-refractivity contribution in [3.63, 3.8) is 0 Å². The first-order chi connectivity index (χ1) is 11.5. The van der Waals surface area contributed by atoms with Crippen molar-refractivity contribution in [2.75, 3.05) is 5.75 Å². The number of benzene rings is 2. The number of amides is 2. The molecule has 0 aliphatic carbocycles. The lowest BCUT2D eigenvalue weighted by atomic mass is 10.1. The summed E-state index contributed by atoms with van der Waals surface area (Å²) in [5.41, 5.74) is 6.34. The molecular weight excluding hydrogens is 327 g/mol. The monoisotopic (exact) mass is 346 g/mol. The van der Waals surface area contributed by atoms with Gasteiger partial charge in [-0.2, -0.15) is 0 Å². The van der Waals surface area contributed by atoms with E-state index in [1.165, 1.54) is 17.8 Å². The van der Waals surface area contributed by atoms with E-state index in [1.807, 2.05) is 31.2 Å². The fourth-order valence-electron chi connectivity index (χ4n) is 1.97. The van der Waals surface area contributed by atoms with Gasteiger partial charge in [0.1, 0.15) is 5.82 Å². The topological polar surface area (TPSA) is 58.2 Å². The predicted molar refractivity (Wildman–Crippen MR) is 92.9 cm³/mol. The summed E-state index contributed by atoms with van der Waals surface area (Å²) in [5.74, 6) is -0.771. The van der Waals surface area contributed by atoms with Crippen molar-refractivity contribution in [2.45, 2.75) is 24.7 Å². The summed E-state index contributed by atoms with van der Waals surface area (Å²) in [5, 5.41) is 0. The molecule has 0 aliphatic rings. The number of carbonyl (C=O) groups excluding carboxylic acids is 2. The lowest BCUT2D eigenvalue weighted by Crippen LogP contribution is -2.42. The standard InChI is InChI=1S/C18H19FN2O2S/c1-13-6-9-15(10-7-13)24-12-18(23)21-20-17(22)11-8-14-4-2-3-5-16(14)19/h2-7,9-10H,8,11-12H2,1H3,(H,20,22)(H,21,23). The average Bonchev–Trinajstić information content (AvgIpc) is 2.58. The first-order valence-electron chi connectivity index (χ1n) is 7.55. The van der Waals surface area contributed by atoms with Crippen LogP contribution >= 0.6 is 11.8 Å². The highest BCUT2D eigenvalue weighted by Gasteiger charge is 2.07. The van der Waals surface area contributed by atoms with E-state index in [-0.39, 0.29) is 36.2 Å². The van der Waals surface area contributed by atoms with Gasteiger partial charge in [-0.25, -0.2) is 4.39 Å². The summed E-state index contributed by atoms with van der Waals surface area (Å²) in [6.45, 7) is 2.00. The lowest BCUT2D eigenvalue weighted by Gasteiger charge is -2.08. The van der Waals surface area contributed by atoms with Crippen LogP contribution in [0.15, 0.2) is 53.4 Å². The molecule has 0 radical (unpaired) electrons. The fourth-order valence-corrected chi connectivity index (χ4v) is 2.67. The summed E-state index contributed by atoms with van der Waals surface area (Å²) in [6.07, 6.45) is 0.388. The second kappa shape index (κ2) is 9.08. The van der Waals surface area contributed by atoms with Gasteiger partial charge >= 0.3 is 0 Å². The zero-order valence-electron chi connectivity index (χ0n) is 13.3. The van der Waals surface area contributed by atoms with Crippen LogP contribution in [0, 0.1) is 12.7 Å². The van der Waals surface area contributed by atoms with E-state index in [0.29, 0.717) is 5.56 Å². The van der Waals surface area contributed by atoms with Gasteiger partial charge < -0.3 is 0 Å². The minimum absolute atomic E-state index is 0.103. The molecule has 6 heteroatoms. The van der Waals surface area contributed by atoms with Crippen LogP contribution in [-0.2, 0) is 16.0 Å². The maximum atomic E-state index is 13.4. The third-order valence-electron chi connectivity index (χ3n) is 3.31. The largest absolute Gasteiger partial charge is 0.273 e. The van der Waals surface area contributed by atoms with E-state index in [1.54, 1.807) is 18.2 Å². The fraction of sp³-hybridized carbons (Fsp3) is 0.222. The Morgan fingerprint density at radius 3 is 2.38 bits per heavy atom.